The summed E-state index contributed by atoms with van der Waals surface area (Å²) >= 11 is 1.36. The van der Waals surface area contributed by atoms with Gasteiger partial charge in [-0.15, -0.1) is 10.2 Å². The number of nitrogens with zero attached hydrogens (tertiary/aromatic N) is 3. The molecule has 3 aromatic rings. The van der Waals surface area contributed by atoms with Crippen LogP contribution in [-0.4, -0.2) is 46.2 Å². The van der Waals surface area contributed by atoms with Gasteiger partial charge in [-0.1, -0.05) is 30.0 Å². The highest BCUT2D eigenvalue weighted by Crippen LogP contribution is 2.23. The average Bonchev–Trinajstić information content (AvgIpc) is 3.11. The summed E-state index contributed by atoms with van der Waals surface area (Å²) in [6.45, 7) is 7.34. The molecule has 0 unspecified atom stereocenters. The standard InChI is InChI=1S/C22H26N4O3S/c1-4-28-18-9-11-19(12-10-18)29-14-13-23-21(27)15-30-22-25-24-17(3)26(22)20-8-6-5-7-16(20)2/h5-12H,4,13-15H2,1-3H3,(H,23,27). The van der Waals surface area contributed by atoms with E-state index in [0.29, 0.717) is 24.9 Å². The van der Waals surface area contributed by atoms with Crippen molar-refractivity contribution in [2.45, 2.75) is 25.9 Å². The van der Waals surface area contributed by atoms with Crippen molar-refractivity contribution in [2.75, 3.05) is 25.5 Å². The highest BCUT2D eigenvalue weighted by atomic mass is 32.2. The van der Waals surface area contributed by atoms with Crippen molar-refractivity contribution in [2.24, 2.45) is 0 Å². The maximum atomic E-state index is 12.2. The van der Waals surface area contributed by atoms with Crippen molar-refractivity contribution in [3.05, 3.63) is 59.9 Å². The summed E-state index contributed by atoms with van der Waals surface area (Å²) in [6.07, 6.45) is 0. The number of benzene rings is 2. The second-order valence-corrected chi connectivity index (χ2v) is 7.49. The van der Waals surface area contributed by atoms with E-state index < -0.39 is 0 Å². The van der Waals surface area contributed by atoms with Gasteiger partial charge >= 0.3 is 0 Å². The molecule has 30 heavy (non-hydrogen) atoms. The SMILES string of the molecule is CCOc1ccc(OCCNC(=O)CSc2nnc(C)n2-c2ccccc2C)cc1. The summed E-state index contributed by atoms with van der Waals surface area (Å²) < 4.78 is 13.0. The van der Waals surface area contributed by atoms with Crippen LogP contribution in [0.5, 0.6) is 11.5 Å². The Bertz CT molecular complexity index is 973. The number of carbonyl (C=O) groups is 1. The third kappa shape index (κ3) is 5.76. The number of nitrogens with one attached hydrogen (secondary N) is 1. The zero-order valence-electron chi connectivity index (χ0n) is 17.4. The van der Waals surface area contributed by atoms with Crippen LogP contribution < -0.4 is 14.8 Å². The van der Waals surface area contributed by atoms with E-state index in [2.05, 4.69) is 15.5 Å². The van der Waals surface area contributed by atoms with E-state index in [1.54, 1.807) is 0 Å². The second kappa shape index (κ2) is 10.7. The molecule has 1 aromatic heterocycles. The van der Waals surface area contributed by atoms with Crippen LogP contribution in [0.3, 0.4) is 0 Å². The first kappa shape index (κ1) is 21.7. The fraction of sp³-hybridized carbons (Fsp3) is 0.318. The number of hydrogen-bond acceptors (Lipinski definition) is 6. The Morgan fingerprint density at radius 1 is 1.03 bits per heavy atom. The maximum Gasteiger partial charge on any atom is 0.230 e. The molecule has 0 bridgehead atoms. The lowest BCUT2D eigenvalue weighted by molar-refractivity contribution is -0.118. The summed E-state index contributed by atoms with van der Waals surface area (Å²) in [5, 5.41) is 12.0. The quantitative estimate of drug-likeness (QED) is 0.394. The van der Waals surface area contributed by atoms with E-state index >= 15 is 0 Å². The number of aryl methyl sites for hydroxylation is 2. The third-order valence-corrected chi connectivity index (χ3v) is 5.24. The predicted molar refractivity (Wildman–Crippen MR) is 118 cm³/mol. The number of hydrogen-bond donors (Lipinski definition) is 1. The smallest absolute Gasteiger partial charge is 0.230 e. The van der Waals surface area contributed by atoms with Crippen LogP contribution in [0.1, 0.15) is 18.3 Å². The number of ether oxygens (including phenoxy) is 2. The number of para-hydroxylation sites is 1. The maximum absolute atomic E-state index is 12.2. The number of carbonyl (C=O) groups excluding carboxylic acids is 1. The average molecular weight is 427 g/mol. The fourth-order valence-corrected chi connectivity index (χ4v) is 3.69. The number of rotatable bonds is 10. The molecule has 0 spiro atoms. The normalized spacial score (nSPS) is 10.6. The molecule has 7 nitrogen and oxygen atoms in total. The number of thioether (sulfide) groups is 1. The van der Waals surface area contributed by atoms with Gasteiger partial charge in [0, 0.05) is 0 Å². The highest BCUT2D eigenvalue weighted by molar-refractivity contribution is 7.99. The Labute approximate surface area is 180 Å². The molecule has 8 heteroatoms. The van der Waals surface area contributed by atoms with E-state index in [1.807, 2.05) is 73.9 Å². The molecule has 0 fully saturated rings. The monoisotopic (exact) mass is 426 g/mol. The molecular weight excluding hydrogens is 400 g/mol. The van der Waals surface area contributed by atoms with Gasteiger partial charge in [-0.2, -0.15) is 0 Å². The zero-order chi connectivity index (χ0) is 21.3. The first-order valence-corrected chi connectivity index (χ1v) is 10.8. The Hall–Kier alpha value is -3.00. The Kier molecular flexibility index (Phi) is 7.73. The Morgan fingerprint density at radius 3 is 2.43 bits per heavy atom. The first-order valence-electron chi connectivity index (χ1n) is 9.81. The van der Waals surface area contributed by atoms with Gasteiger partial charge in [-0.25, -0.2) is 0 Å². The largest absolute Gasteiger partial charge is 0.494 e. The van der Waals surface area contributed by atoms with E-state index in [-0.39, 0.29) is 11.7 Å². The van der Waals surface area contributed by atoms with E-state index in [0.717, 1.165) is 28.6 Å². The van der Waals surface area contributed by atoms with Gasteiger partial charge in [0.1, 0.15) is 23.9 Å². The van der Waals surface area contributed by atoms with Crippen LogP contribution in [0.25, 0.3) is 5.69 Å². The van der Waals surface area contributed by atoms with Crippen LogP contribution in [-0.2, 0) is 4.79 Å². The van der Waals surface area contributed by atoms with Gasteiger partial charge in [-0.05, 0) is 56.7 Å². The van der Waals surface area contributed by atoms with Gasteiger partial charge in [0.25, 0.3) is 0 Å². The molecular formula is C22H26N4O3S. The van der Waals surface area contributed by atoms with Crippen LogP contribution in [0.2, 0.25) is 0 Å². The van der Waals surface area contributed by atoms with Crippen LogP contribution in [0.4, 0.5) is 0 Å². The topological polar surface area (TPSA) is 78.3 Å². The predicted octanol–water partition coefficient (Wildman–Crippen LogP) is 3.57. The molecule has 1 amide bonds. The lowest BCUT2D eigenvalue weighted by atomic mass is 10.2. The third-order valence-electron chi connectivity index (χ3n) is 4.31. The van der Waals surface area contributed by atoms with Gasteiger partial charge in [0.15, 0.2) is 5.16 Å². The molecule has 3 rings (SSSR count). The Balaban J connectivity index is 1.45. The van der Waals surface area contributed by atoms with Crippen molar-refractivity contribution in [3.8, 4) is 17.2 Å². The van der Waals surface area contributed by atoms with E-state index in [9.17, 15) is 4.79 Å². The van der Waals surface area contributed by atoms with Crippen LogP contribution >= 0.6 is 11.8 Å². The molecule has 2 aromatic carbocycles. The summed E-state index contributed by atoms with van der Waals surface area (Å²) in [5.41, 5.74) is 2.14. The van der Waals surface area contributed by atoms with Crippen molar-refractivity contribution in [3.63, 3.8) is 0 Å². The van der Waals surface area contributed by atoms with E-state index in [4.69, 9.17) is 9.47 Å². The molecule has 1 N–H and O–H groups in total. The molecule has 0 atom stereocenters. The van der Waals surface area contributed by atoms with Crippen molar-refractivity contribution < 1.29 is 14.3 Å². The summed E-state index contributed by atoms with van der Waals surface area (Å²) in [5.74, 6) is 2.52. The fourth-order valence-electron chi connectivity index (χ4n) is 2.87. The van der Waals surface area contributed by atoms with Crippen LogP contribution in [0.15, 0.2) is 53.7 Å². The molecule has 0 aliphatic rings. The lowest BCUT2D eigenvalue weighted by Crippen LogP contribution is -2.29. The number of amides is 1. The minimum atomic E-state index is -0.0766. The molecule has 158 valence electrons. The first-order chi connectivity index (χ1) is 14.6. The summed E-state index contributed by atoms with van der Waals surface area (Å²) in [4.78, 5) is 12.2. The Morgan fingerprint density at radius 2 is 1.73 bits per heavy atom. The van der Waals surface area contributed by atoms with Gasteiger partial charge < -0.3 is 14.8 Å². The van der Waals surface area contributed by atoms with E-state index in [1.165, 1.54) is 11.8 Å². The van der Waals surface area contributed by atoms with Crippen molar-refractivity contribution in [1.82, 2.24) is 20.1 Å². The van der Waals surface area contributed by atoms with Crippen LogP contribution in [0, 0.1) is 13.8 Å². The minimum Gasteiger partial charge on any atom is -0.494 e. The van der Waals surface area contributed by atoms with Crippen molar-refractivity contribution >= 4 is 17.7 Å². The molecule has 0 radical (unpaired) electrons. The zero-order valence-corrected chi connectivity index (χ0v) is 18.2. The molecule has 0 aliphatic heterocycles. The molecule has 1 heterocycles. The minimum absolute atomic E-state index is 0.0766. The summed E-state index contributed by atoms with van der Waals surface area (Å²) in [6, 6.07) is 15.5. The van der Waals surface area contributed by atoms with Crippen molar-refractivity contribution in [1.29, 1.82) is 0 Å². The number of aromatic nitrogens is 3. The highest BCUT2D eigenvalue weighted by Gasteiger charge is 2.14. The summed E-state index contributed by atoms with van der Waals surface area (Å²) in [7, 11) is 0. The lowest BCUT2D eigenvalue weighted by Gasteiger charge is -2.11. The van der Waals surface area contributed by atoms with Gasteiger partial charge in [0.2, 0.25) is 5.91 Å². The van der Waals surface area contributed by atoms with Gasteiger partial charge in [0.05, 0.1) is 24.6 Å². The molecule has 0 saturated carbocycles. The van der Waals surface area contributed by atoms with Gasteiger partial charge in [-0.3, -0.25) is 9.36 Å². The molecule has 0 aliphatic carbocycles. The molecule has 0 saturated heterocycles. The second-order valence-electron chi connectivity index (χ2n) is 6.54.